The third-order valence-corrected chi connectivity index (χ3v) is 13.3. The van der Waals surface area contributed by atoms with Gasteiger partial charge in [-0.15, -0.1) is 0 Å². The third-order valence-electron chi connectivity index (χ3n) is 13.3. The number of hydrogen-bond donors (Lipinski definition) is 0. The van der Waals surface area contributed by atoms with Crippen LogP contribution in [-0.4, -0.2) is 37.2 Å². The molecule has 446 valence electrons. The highest BCUT2D eigenvalue weighted by molar-refractivity contribution is 5.71. The molecule has 0 saturated heterocycles. The Morgan fingerprint density at radius 3 is 0.785 bits per heavy atom. The quantitative estimate of drug-likeness (QED) is 0.0261. The molecule has 0 rings (SSSR count). The molecule has 1 unspecified atom stereocenters. The topological polar surface area (TPSA) is 78.9 Å². The number of esters is 3. The Hall–Kier alpha value is -4.71. The highest BCUT2D eigenvalue weighted by Gasteiger charge is 2.19. The molecule has 0 N–H and O–H groups in total. The normalized spacial score (nSPS) is 13.1. The van der Waals surface area contributed by atoms with E-state index >= 15 is 0 Å². The highest BCUT2D eigenvalue weighted by Crippen LogP contribution is 2.14. The summed E-state index contributed by atoms with van der Waals surface area (Å²) in [5.74, 6) is -0.940. The highest BCUT2D eigenvalue weighted by atomic mass is 16.6. The van der Waals surface area contributed by atoms with Gasteiger partial charge in [0.05, 0.1) is 0 Å². The summed E-state index contributed by atoms with van der Waals surface area (Å²) in [6.45, 7) is 6.38. The van der Waals surface area contributed by atoms with E-state index in [1.807, 2.05) is 0 Å². The zero-order chi connectivity index (χ0) is 57.1. The molecule has 0 aliphatic rings. The molecule has 0 aromatic carbocycles. The number of allylic oxidation sites excluding steroid dienone is 24. The van der Waals surface area contributed by atoms with Crippen LogP contribution in [0.15, 0.2) is 146 Å². The van der Waals surface area contributed by atoms with Crippen LogP contribution in [-0.2, 0) is 28.6 Å². The molecule has 0 saturated carbocycles. The minimum absolute atomic E-state index is 0.0992. The molecular formula is C73H118O6. The standard InChI is InChI=1S/C73H118O6/c1-4-7-10-13-16-19-22-25-28-30-32-33-34-35-36-37-38-39-41-42-45-48-51-54-57-60-63-66-72(75)78-69-70(68-77-71(74)65-62-59-56-53-50-47-44-27-24-21-18-15-12-9-6-3)79-73(76)67-64-61-58-55-52-49-46-43-40-31-29-26-23-20-17-14-11-8-5-2/h7-8,10-11,16-17,19-20,25-29,32-33,35-36,38-40,42-45,70H,4-6,9,12-15,18,21-24,30-31,34,37,41,46-69H2,1-3H3/b10-7-,11-8-,19-16-,20-17-,28-25-,29-26-,33-32-,36-35-,39-38-,43-40-,44-27-,45-42-. The Balaban J connectivity index is 4.45. The van der Waals surface area contributed by atoms with Crippen LogP contribution >= 0.6 is 0 Å². The molecule has 1 atom stereocenters. The summed E-state index contributed by atoms with van der Waals surface area (Å²) in [5.41, 5.74) is 0. The van der Waals surface area contributed by atoms with Crippen LogP contribution in [0.3, 0.4) is 0 Å². The summed E-state index contributed by atoms with van der Waals surface area (Å²) in [4.78, 5) is 38.4. The van der Waals surface area contributed by atoms with E-state index in [0.717, 1.165) is 173 Å². The number of ether oxygens (including phenoxy) is 3. The number of hydrogen-bond acceptors (Lipinski definition) is 6. The van der Waals surface area contributed by atoms with Gasteiger partial charge >= 0.3 is 17.9 Å². The van der Waals surface area contributed by atoms with E-state index in [2.05, 4.69) is 167 Å². The molecule has 6 heteroatoms. The number of carbonyl (C=O) groups excluding carboxylic acids is 3. The van der Waals surface area contributed by atoms with Gasteiger partial charge in [-0.05, 0) is 141 Å². The average molecular weight is 1090 g/mol. The van der Waals surface area contributed by atoms with Crippen LogP contribution < -0.4 is 0 Å². The second-order valence-corrected chi connectivity index (χ2v) is 20.9. The summed E-state index contributed by atoms with van der Waals surface area (Å²) in [5, 5.41) is 0. The van der Waals surface area contributed by atoms with Gasteiger partial charge in [0.25, 0.3) is 0 Å². The van der Waals surface area contributed by atoms with E-state index in [-0.39, 0.29) is 31.1 Å². The van der Waals surface area contributed by atoms with Crippen LogP contribution in [0.25, 0.3) is 0 Å². The Morgan fingerprint density at radius 1 is 0.266 bits per heavy atom. The maximum Gasteiger partial charge on any atom is 0.306 e. The predicted octanol–water partition coefficient (Wildman–Crippen LogP) is 22.3. The van der Waals surface area contributed by atoms with Crippen LogP contribution in [0, 0.1) is 0 Å². The predicted molar refractivity (Wildman–Crippen MR) is 343 cm³/mol. The molecule has 79 heavy (non-hydrogen) atoms. The van der Waals surface area contributed by atoms with Gasteiger partial charge in [-0.3, -0.25) is 14.4 Å². The first-order chi connectivity index (χ1) is 39.0. The number of carbonyl (C=O) groups is 3. The molecule has 6 nitrogen and oxygen atoms in total. The fraction of sp³-hybridized carbons (Fsp3) is 0.630. The van der Waals surface area contributed by atoms with Crippen LogP contribution in [0.5, 0.6) is 0 Å². The van der Waals surface area contributed by atoms with E-state index < -0.39 is 6.10 Å². The molecule has 0 heterocycles. The molecule has 0 spiro atoms. The van der Waals surface area contributed by atoms with E-state index in [9.17, 15) is 14.4 Å². The monoisotopic (exact) mass is 1090 g/mol. The van der Waals surface area contributed by atoms with Crippen LogP contribution in [0.2, 0.25) is 0 Å². The maximum absolute atomic E-state index is 12.9. The molecular weight excluding hydrogens is 973 g/mol. The van der Waals surface area contributed by atoms with Gasteiger partial charge in [-0.25, -0.2) is 0 Å². The molecule has 0 amide bonds. The summed E-state index contributed by atoms with van der Waals surface area (Å²) >= 11 is 0. The lowest BCUT2D eigenvalue weighted by Crippen LogP contribution is -2.30. The molecule has 0 aromatic rings. The first kappa shape index (κ1) is 74.3. The van der Waals surface area contributed by atoms with Gasteiger partial charge in [0.1, 0.15) is 13.2 Å². The Labute approximate surface area is 487 Å². The first-order valence-electron chi connectivity index (χ1n) is 32.3. The fourth-order valence-corrected chi connectivity index (χ4v) is 8.53. The van der Waals surface area contributed by atoms with Crippen LogP contribution in [0.4, 0.5) is 0 Å². The maximum atomic E-state index is 12.9. The van der Waals surface area contributed by atoms with Gasteiger partial charge in [0.15, 0.2) is 6.10 Å². The van der Waals surface area contributed by atoms with Crippen molar-refractivity contribution in [3.05, 3.63) is 146 Å². The lowest BCUT2D eigenvalue weighted by atomic mass is 10.1. The Morgan fingerprint density at radius 2 is 0.494 bits per heavy atom. The van der Waals surface area contributed by atoms with Crippen molar-refractivity contribution >= 4 is 17.9 Å². The number of rotatable bonds is 57. The third kappa shape index (κ3) is 64.0. The van der Waals surface area contributed by atoms with Gasteiger partial charge in [-0.1, -0.05) is 263 Å². The van der Waals surface area contributed by atoms with E-state index in [4.69, 9.17) is 14.2 Å². The summed E-state index contributed by atoms with van der Waals surface area (Å²) in [6, 6.07) is 0. The van der Waals surface area contributed by atoms with Crippen molar-refractivity contribution in [3.63, 3.8) is 0 Å². The largest absolute Gasteiger partial charge is 0.462 e. The summed E-state index contributed by atoms with van der Waals surface area (Å²) in [6.07, 6.45) is 94.1. The van der Waals surface area contributed by atoms with Crippen molar-refractivity contribution in [2.45, 2.75) is 284 Å². The SMILES string of the molecule is CC/C=C\C/C=C\C/C=C\C/C=C\C/C=C\C/C=C\C/C=C\CCCCCCCC(=O)OCC(COC(=O)CCCCCCC/C=C\CCCCCCCC)OC(=O)CCCCCCCC/C=C\C/C=C\C/C=C\C/C=C\CC. The van der Waals surface area contributed by atoms with E-state index in [1.54, 1.807) is 0 Å². The number of unbranched alkanes of at least 4 members (excludes halogenated alkanes) is 22. The summed E-state index contributed by atoms with van der Waals surface area (Å²) in [7, 11) is 0. The van der Waals surface area contributed by atoms with Gasteiger partial charge in [-0.2, -0.15) is 0 Å². The Kier molecular flexibility index (Phi) is 61.9. The van der Waals surface area contributed by atoms with Crippen molar-refractivity contribution in [3.8, 4) is 0 Å². The Bertz CT molecular complexity index is 1730. The van der Waals surface area contributed by atoms with E-state index in [0.29, 0.717) is 19.3 Å². The molecule has 0 bridgehead atoms. The van der Waals surface area contributed by atoms with Crippen LogP contribution in [0.1, 0.15) is 278 Å². The average Bonchev–Trinajstić information content (AvgIpc) is 3.45. The zero-order valence-electron chi connectivity index (χ0n) is 51.1. The minimum atomic E-state index is -0.805. The first-order valence-corrected chi connectivity index (χ1v) is 32.3. The van der Waals surface area contributed by atoms with Crippen molar-refractivity contribution < 1.29 is 28.6 Å². The molecule has 0 fully saturated rings. The van der Waals surface area contributed by atoms with Crippen molar-refractivity contribution in [1.82, 2.24) is 0 Å². The molecule has 0 aliphatic carbocycles. The van der Waals surface area contributed by atoms with Crippen molar-refractivity contribution in [1.29, 1.82) is 0 Å². The zero-order valence-corrected chi connectivity index (χ0v) is 51.1. The molecule has 0 radical (unpaired) electrons. The summed E-state index contributed by atoms with van der Waals surface area (Å²) < 4.78 is 16.9. The van der Waals surface area contributed by atoms with Crippen molar-refractivity contribution in [2.75, 3.05) is 13.2 Å². The van der Waals surface area contributed by atoms with Gasteiger partial charge in [0.2, 0.25) is 0 Å². The van der Waals surface area contributed by atoms with Gasteiger partial charge in [0, 0.05) is 19.3 Å². The fourth-order valence-electron chi connectivity index (χ4n) is 8.53. The second-order valence-electron chi connectivity index (χ2n) is 20.9. The lowest BCUT2D eigenvalue weighted by Gasteiger charge is -2.18. The molecule has 0 aliphatic heterocycles. The smallest absolute Gasteiger partial charge is 0.306 e. The second kappa shape index (κ2) is 65.8. The minimum Gasteiger partial charge on any atom is -0.462 e. The molecule has 0 aromatic heterocycles. The lowest BCUT2D eigenvalue weighted by molar-refractivity contribution is -0.167. The van der Waals surface area contributed by atoms with E-state index in [1.165, 1.54) is 64.2 Å². The van der Waals surface area contributed by atoms with Crippen molar-refractivity contribution in [2.24, 2.45) is 0 Å². The van der Waals surface area contributed by atoms with Gasteiger partial charge < -0.3 is 14.2 Å².